The lowest BCUT2D eigenvalue weighted by molar-refractivity contribution is -0.137. The standard InChI is InChI=1S/C15H18F3NO/c1-14(2)7-6-12(9-14)19-13(20)10-4-3-5-11(8-10)15(16,17)18/h3-5,8,12H,6-7,9H2,1-2H3,(H,19,20). The van der Waals surface area contributed by atoms with Crippen LogP contribution in [0.4, 0.5) is 13.2 Å². The summed E-state index contributed by atoms with van der Waals surface area (Å²) in [6.07, 6.45) is -1.68. The van der Waals surface area contributed by atoms with Gasteiger partial charge in [-0.05, 0) is 42.9 Å². The van der Waals surface area contributed by atoms with Gasteiger partial charge in [-0.3, -0.25) is 4.79 Å². The molecule has 1 N–H and O–H groups in total. The second-order valence-electron chi connectivity index (χ2n) is 6.16. The van der Waals surface area contributed by atoms with Crippen molar-refractivity contribution in [1.29, 1.82) is 0 Å². The molecule has 0 bridgehead atoms. The van der Waals surface area contributed by atoms with Crippen molar-refractivity contribution in [3.63, 3.8) is 0 Å². The number of hydrogen-bond donors (Lipinski definition) is 1. The first-order valence-electron chi connectivity index (χ1n) is 6.65. The number of halogens is 3. The average Bonchev–Trinajstić information content (AvgIpc) is 2.68. The lowest BCUT2D eigenvalue weighted by atomic mass is 9.92. The van der Waals surface area contributed by atoms with Crippen LogP contribution in [0.15, 0.2) is 24.3 Å². The van der Waals surface area contributed by atoms with Crippen LogP contribution in [0.1, 0.15) is 49.0 Å². The van der Waals surface area contributed by atoms with E-state index in [2.05, 4.69) is 19.2 Å². The number of carbonyl (C=O) groups is 1. The summed E-state index contributed by atoms with van der Waals surface area (Å²) in [5, 5.41) is 2.82. The Morgan fingerprint density at radius 1 is 1.35 bits per heavy atom. The predicted molar refractivity (Wildman–Crippen MR) is 70.3 cm³/mol. The first-order valence-corrected chi connectivity index (χ1v) is 6.65. The first-order chi connectivity index (χ1) is 9.17. The largest absolute Gasteiger partial charge is 0.416 e. The van der Waals surface area contributed by atoms with Crippen molar-refractivity contribution in [2.45, 2.75) is 45.3 Å². The van der Waals surface area contributed by atoms with E-state index < -0.39 is 17.6 Å². The van der Waals surface area contributed by atoms with Crippen LogP contribution in [-0.4, -0.2) is 11.9 Å². The van der Waals surface area contributed by atoms with Gasteiger partial charge >= 0.3 is 6.18 Å². The highest BCUT2D eigenvalue weighted by atomic mass is 19.4. The zero-order valence-corrected chi connectivity index (χ0v) is 11.6. The fourth-order valence-corrected chi connectivity index (χ4v) is 2.66. The smallest absolute Gasteiger partial charge is 0.349 e. The monoisotopic (exact) mass is 285 g/mol. The minimum atomic E-state index is -4.42. The lowest BCUT2D eigenvalue weighted by Gasteiger charge is -2.18. The Labute approximate surface area is 116 Å². The molecule has 0 aliphatic heterocycles. The summed E-state index contributed by atoms with van der Waals surface area (Å²) >= 11 is 0. The normalized spacial score (nSPS) is 21.8. The SMILES string of the molecule is CC1(C)CCC(NC(=O)c2cccc(C(F)(F)F)c2)C1. The molecular weight excluding hydrogens is 267 g/mol. The van der Waals surface area contributed by atoms with Gasteiger partial charge in [-0.1, -0.05) is 19.9 Å². The van der Waals surface area contributed by atoms with E-state index in [0.29, 0.717) is 0 Å². The summed E-state index contributed by atoms with van der Waals surface area (Å²) < 4.78 is 37.8. The Balaban J connectivity index is 2.07. The lowest BCUT2D eigenvalue weighted by Crippen LogP contribution is -2.33. The molecule has 0 saturated heterocycles. The molecule has 2 nitrogen and oxygen atoms in total. The molecule has 1 saturated carbocycles. The molecule has 110 valence electrons. The summed E-state index contributed by atoms with van der Waals surface area (Å²) in [5.41, 5.74) is -0.549. The molecule has 0 aromatic heterocycles. The van der Waals surface area contributed by atoms with E-state index in [1.807, 2.05) is 0 Å². The van der Waals surface area contributed by atoms with Crippen LogP contribution in [0.2, 0.25) is 0 Å². The molecule has 1 fully saturated rings. The summed E-state index contributed by atoms with van der Waals surface area (Å²) in [6.45, 7) is 4.26. The zero-order chi connectivity index (χ0) is 15.0. The molecule has 1 aromatic carbocycles. The van der Waals surface area contributed by atoms with Gasteiger partial charge in [0.1, 0.15) is 0 Å². The molecule has 0 heterocycles. The minimum absolute atomic E-state index is 0.0482. The van der Waals surface area contributed by atoms with Gasteiger partial charge in [-0.15, -0.1) is 0 Å². The van der Waals surface area contributed by atoms with Crippen molar-refractivity contribution in [3.8, 4) is 0 Å². The van der Waals surface area contributed by atoms with E-state index in [4.69, 9.17) is 0 Å². The van der Waals surface area contributed by atoms with Gasteiger partial charge in [0.05, 0.1) is 5.56 Å². The molecule has 0 spiro atoms. The molecule has 1 aliphatic rings. The number of nitrogens with one attached hydrogen (secondary N) is 1. The maximum atomic E-state index is 12.6. The molecule has 2 rings (SSSR count). The Hall–Kier alpha value is -1.52. The van der Waals surface area contributed by atoms with Gasteiger partial charge in [0.2, 0.25) is 0 Å². The molecule has 1 aliphatic carbocycles. The third kappa shape index (κ3) is 3.52. The Morgan fingerprint density at radius 3 is 2.60 bits per heavy atom. The molecule has 0 radical (unpaired) electrons. The minimum Gasteiger partial charge on any atom is -0.349 e. The van der Waals surface area contributed by atoms with E-state index in [0.717, 1.165) is 31.4 Å². The van der Waals surface area contributed by atoms with Crippen LogP contribution >= 0.6 is 0 Å². The van der Waals surface area contributed by atoms with Gasteiger partial charge in [0.15, 0.2) is 0 Å². The van der Waals surface area contributed by atoms with Crippen molar-refractivity contribution < 1.29 is 18.0 Å². The number of amides is 1. The summed E-state index contributed by atoms with van der Waals surface area (Å²) in [5.74, 6) is -0.432. The second kappa shape index (κ2) is 5.11. The maximum absolute atomic E-state index is 12.6. The number of carbonyl (C=O) groups excluding carboxylic acids is 1. The number of rotatable bonds is 2. The molecule has 1 atom stereocenters. The molecule has 1 amide bonds. The highest BCUT2D eigenvalue weighted by Gasteiger charge is 2.33. The topological polar surface area (TPSA) is 29.1 Å². The van der Waals surface area contributed by atoms with E-state index in [9.17, 15) is 18.0 Å². The number of hydrogen-bond acceptors (Lipinski definition) is 1. The Bertz CT molecular complexity index is 508. The third-order valence-corrected chi connectivity index (χ3v) is 3.76. The van der Waals surface area contributed by atoms with Gasteiger partial charge < -0.3 is 5.32 Å². The Kier molecular flexibility index (Phi) is 3.80. The molecule has 1 aromatic rings. The van der Waals surface area contributed by atoms with Crippen molar-refractivity contribution in [2.24, 2.45) is 5.41 Å². The number of alkyl halides is 3. The van der Waals surface area contributed by atoms with Gasteiger partial charge in [-0.2, -0.15) is 13.2 Å². The van der Waals surface area contributed by atoms with Crippen LogP contribution in [-0.2, 0) is 6.18 Å². The highest BCUT2D eigenvalue weighted by Crippen LogP contribution is 2.37. The van der Waals surface area contributed by atoms with Crippen LogP contribution in [0.3, 0.4) is 0 Å². The third-order valence-electron chi connectivity index (χ3n) is 3.76. The van der Waals surface area contributed by atoms with E-state index in [-0.39, 0.29) is 17.0 Å². The van der Waals surface area contributed by atoms with Crippen molar-refractivity contribution in [2.75, 3.05) is 0 Å². The first kappa shape index (κ1) is 14.9. The van der Waals surface area contributed by atoms with Crippen LogP contribution in [0.25, 0.3) is 0 Å². The fraction of sp³-hybridized carbons (Fsp3) is 0.533. The van der Waals surface area contributed by atoms with Crippen molar-refractivity contribution >= 4 is 5.91 Å². The van der Waals surface area contributed by atoms with Crippen LogP contribution in [0, 0.1) is 5.41 Å². The average molecular weight is 285 g/mol. The predicted octanol–water partition coefficient (Wildman–Crippen LogP) is 4.01. The summed E-state index contributed by atoms with van der Waals surface area (Å²) in [6, 6.07) is 4.58. The van der Waals surface area contributed by atoms with Gasteiger partial charge in [-0.25, -0.2) is 0 Å². The van der Waals surface area contributed by atoms with E-state index >= 15 is 0 Å². The van der Waals surface area contributed by atoms with Crippen molar-refractivity contribution in [3.05, 3.63) is 35.4 Å². The summed E-state index contributed by atoms with van der Waals surface area (Å²) in [4.78, 5) is 12.0. The van der Waals surface area contributed by atoms with E-state index in [1.165, 1.54) is 12.1 Å². The molecule has 20 heavy (non-hydrogen) atoms. The van der Waals surface area contributed by atoms with Crippen LogP contribution < -0.4 is 5.32 Å². The molecular formula is C15H18F3NO. The number of benzene rings is 1. The molecule has 5 heteroatoms. The maximum Gasteiger partial charge on any atom is 0.416 e. The van der Waals surface area contributed by atoms with Gasteiger partial charge in [0.25, 0.3) is 5.91 Å². The molecule has 1 unspecified atom stereocenters. The van der Waals surface area contributed by atoms with E-state index in [1.54, 1.807) is 0 Å². The highest BCUT2D eigenvalue weighted by molar-refractivity contribution is 5.94. The van der Waals surface area contributed by atoms with Crippen LogP contribution in [0.5, 0.6) is 0 Å². The fourth-order valence-electron chi connectivity index (χ4n) is 2.66. The zero-order valence-electron chi connectivity index (χ0n) is 11.6. The van der Waals surface area contributed by atoms with Gasteiger partial charge in [0, 0.05) is 11.6 Å². The second-order valence-corrected chi connectivity index (χ2v) is 6.16. The quantitative estimate of drug-likeness (QED) is 0.874. The Morgan fingerprint density at radius 2 is 2.05 bits per heavy atom. The van der Waals surface area contributed by atoms with Crippen molar-refractivity contribution in [1.82, 2.24) is 5.32 Å². The summed E-state index contributed by atoms with van der Waals surface area (Å²) in [7, 11) is 0.